The van der Waals surface area contributed by atoms with Gasteiger partial charge < -0.3 is 5.32 Å². The van der Waals surface area contributed by atoms with Crippen molar-refractivity contribution in [2.24, 2.45) is 11.8 Å². The van der Waals surface area contributed by atoms with Gasteiger partial charge in [0.25, 0.3) is 0 Å². The number of hydrogen-bond donors (Lipinski definition) is 2. The van der Waals surface area contributed by atoms with Crippen molar-refractivity contribution in [3.63, 3.8) is 0 Å². The van der Waals surface area contributed by atoms with Crippen LogP contribution >= 0.6 is 0 Å². The first kappa shape index (κ1) is 20.8. The van der Waals surface area contributed by atoms with E-state index in [1.54, 1.807) is 0 Å². The molecule has 3 aromatic rings. The molecule has 0 bridgehead atoms. The fourth-order valence-corrected chi connectivity index (χ4v) is 5.97. The third-order valence-electron chi connectivity index (χ3n) is 7.48. The van der Waals surface area contributed by atoms with Crippen molar-refractivity contribution < 1.29 is 14.4 Å². The molecule has 0 saturated carbocycles. The number of likely N-dealkylation sites (tertiary alicyclic amines) is 1. The van der Waals surface area contributed by atoms with Gasteiger partial charge in [-0.3, -0.25) is 24.6 Å². The standard InChI is InChI=1S/C28H25N3O3/c32-25-23-22(17-19-11-5-2-6-12-19)30-28(20-13-7-8-14-21(20)29-27(28)34)24(23)26(33)31(25)16-15-18-9-3-1-4-10-18/h1-14,22-24,30H,15-17H2,(H,29,34)/t22-,23+,24+,28-/m1/s1. The van der Waals surface area contributed by atoms with Crippen LogP contribution in [0.2, 0.25) is 0 Å². The van der Waals surface area contributed by atoms with E-state index in [4.69, 9.17) is 0 Å². The lowest BCUT2D eigenvalue weighted by Crippen LogP contribution is -2.53. The maximum Gasteiger partial charge on any atom is 0.250 e. The average molecular weight is 452 g/mol. The van der Waals surface area contributed by atoms with Crippen LogP contribution in [0.25, 0.3) is 0 Å². The van der Waals surface area contributed by atoms with Gasteiger partial charge in [-0.05, 0) is 30.0 Å². The molecule has 0 aromatic heterocycles. The average Bonchev–Trinajstić information content (AvgIpc) is 3.44. The van der Waals surface area contributed by atoms with Crippen LogP contribution in [0.5, 0.6) is 0 Å². The Bertz CT molecular complexity index is 1280. The second kappa shape index (κ2) is 7.92. The van der Waals surface area contributed by atoms with Crippen molar-refractivity contribution in [3.8, 4) is 0 Å². The molecule has 0 unspecified atom stereocenters. The summed E-state index contributed by atoms with van der Waals surface area (Å²) in [5, 5.41) is 6.45. The summed E-state index contributed by atoms with van der Waals surface area (Å²) >= 11 is 0. The van der Waals surface area contributed by atoms with Crippen LogP contribution in [0.15, 0.2) is 84.9 Å². The number of anilines is 1. The largest absolute Gasteiger partial charge is 0.324 e. The van der Waals surface area contributed by atoms with Gasteiger partial charge in [0.1, 0.15) is 5.54 Å². The number of carbonyl (C=O) groups excluding carboxylic acids is 3. The summed E-state index contributed by atoms with van der Waals surface area (Å²) in [5.74, 6) is -2.08. The zero-order valence-corrected chi connectivity index (χ0v) is 18.6. The molecular formula is C28H25N3O3. The highest BCUT2D eigenvalue weighted by atomic mass is 16.2. The normalized spacial score (nSPS) is 27.2. The molecule has 2 N–H and O–H groups in total. The van der Waals surface area contributed by atoms with Crippen LogP contribution in [0.4, 0.5) is 5.69 Å². The summed E-state index contributed by atoms with van der Waals surface area (Å²) in [6.07, 6.45) is 1.15. The van der Waals surface area contributed by atoms with E-state index >= 15 is 0 Å². The van der Waals surface area contributed by atoms with Gasteiger partial charge >= 0.3 is 0 Å². The lowest BCUT2D eigenvalue weighted by Gasteiger charge is -2.29. The molecule has 6 heteroatoms. The monoisotopic (exact) mass is 451 g/mol. The van der Waals surface area contributed by atoms with Gasteiger partial charge in [0.05, 0.1) is 11.8 Å². The number of para-hydroxylation sites is 1. The highest BCUT2D eigenvalue weighted by Gasteiger charge is 2.70. The summed E-state index contributed by atoms with van der Waals surface area (Å²) < 4.78 is 0. The minimum Gasteiger partial charge on any atom is -0.324 e. The Morgan fingerprint density at radius 3 is 2.15 bits per heavy atom. The number of nitrogens with one attached hydrogen (secondary N) is 2. The summed E-state index contributed by atoms with van der Waals surface area (Å²) in [7, 11) is 0. The topological polar surface area (TPSA) is 78.5 Å². The minimum absolute atomic E-state index is 0.187. The molecule has 0 aliphatic carbocycles. The van der Waals surface area contributed by atoms with E-state index in [-0.39, 0.29) is 23.8 Å². The van der Waals surface area contributed by atoms with Crippen LogP contribution < -0.4 is 10.6 Å². The lowest BCUT2D eigenvalue weighted by molar-refractivity contribution is -0.142. The molecule has 6 rings (SSSR count). The summed E-state index contributed by atoms with van der Waals surface area (Å²) in [5.41, 5.74) is 2.33. The predicted molar refractivity (Wildman–Crippen MR) is 128 cm³/mol. The SMILES string of the molecule is O=C1[C@@H]2[C@@H](C(=O)N1CCc1ccccc1)[C@@]1(N[C@@H]2Cc2ccccc2)C(=O)Nc2ccccc21. The molecule has 3 heterocycles. The van der Waals surface area contributed by atoms with Gasteiger partial charge in [-0.1, -0.05) is 78.9 Å². The van der Waals surface area contributed by atoms with Crippen LogP contribution in [0, 0.1) is 11.8 Å². The predicted octanol–water partition coefficient (Wildman–Crippen LogP) is 2.89. The molecular weight excluding hydrogens is 426 g/mol. The quantitative estimate of drug-likeness (QED) is 0.585. The van der Waals surface area contributed by atoms with E-state index in [1.165, 1.54) is 4.90 Å². The number of nitrogens with zero attached hydrogens (tertiary/aromatic N) is 1. The highest BCUT2D eigenvalue weighted by molar-refractivity contribution is 6.15. The Morgan fingerprint density at radius 1 is 0.765 bits per heavy atom. The number of rotatable bonds is 5. The third kappa shape index (κ3) is 3.02. The van der Waals surface area contributed by atoms with Crippen molar-refractivity contribution in [2.75, 3.05) is 11.9 Å². The molecule has 3 amide bonds. The fraction of sp³-hybridized carbons (Fsp3) is 0.250. The van der Waals surface area contributed by atoms with E-state index in [2.05, 4.69) is 10.6 Å². The fourth-order valence-electron chi connectivity index (χ4n) is 5.97. The van der Waals surface area contributed by atoms with Crippen LogP contribution in [0.3, 0.4) is 0 Å². The van der Waals surface area contributed by atoms with Crippen LogP contribution in [-0.4, -0.2) is 35.2 Å². The van der Waals surface area contributed by atoms with E-state index in [0.717, 1.165) is 16.7 Å². The molecule has 6 nitrogen and oxygen atoms in total. The molecule has 1 spiro atoms. The number of imide groups is 1. The summed E-state index contributed by atoms with van der Waals surface area (Å²) in [6.45, 7) is 0.312. The number of amides is 3. The van der Waals surface area contributed by atoms with Gasteiger partial charge in [0.2, 0.25) is 17.7 Å². The maximum absolute atomic E-state index is 13.8. The third-order valence-corrected chi connectivity index (χ3v) is 7.48. The number of carbonyl (C=O) groups is 3. The summed E-state index contributed by atoms with van der Waals surface area (Å²) in [6, 6.07) is 26.9. The van der Waals surface area contributed by atoms with Gasteiger partial charge in [-0.25, -0.2) is 0 Å². The Kier molecular flexibility index (Phi) is 4.85. The highest BCUT2D eigenvalue weighted by Crippen LogP contribution is 2.53. The van der Waals surface area contributed by atoms with E-state index in [0.29, 0.717) is 25.1 Å². The van der Waals surface area contributed by atoms with Gasteiger partial charge in [0, 0.05) is 23.8 Å². The Labute approximate surface area is 198 Å². The van der Waals surface area contributed by atoms with E-state index in [9.17, 15) is 14.4 Å². The van der Waals surface area contributed by atoms with E-state index < -0.39 is 17.4 Å². The maximum atomic E-state index is 13.8. The molecule has 34 heavy (non-hydrogen) atoms. The van der Waals surface area contributed by atoms with Crippen molar-refractivity contribution in [3.05, 3.63) is 102 Å². The minimum atomic E-state index is -1.24. The first-order chi connectivity index (χ1) is 16.6. The lowest BCUT2D eigenvalue weighted by atomic mass is 9.76. The smallest absolute Gasteiger partial charge is 0.250 e. The molecule has 3 aromatic carbocycles. The number of fused-ring (bicyclic) bond motifs is 4. The Morgan fingerprint density at radius 2 is 1.41 bits per heavy atom. The molecule has 2 saturated heterocycles. The van der Waals surface area contributed by atoms with Crippen molar-refractivity contribution in [2.45, 2.75) is 24.4 Å². The molecule has 4 atom stereocenters. The van der Waals surface area contributed by atoms with Crippen molar-refractivity contribution in [1.29, 1.82) is 0 Å². The second-order valence-corrected chi connectivity index (χ2v) is 9.32. The zero-order chi connectivity index (χ0) is 23.3. The second-order valence-electron chi connectivity index (χ2n) is 9.32. The van der Waals surface area contributed by atoms with Crippen LogP contribution in [0.1, 0.15) is 16.7 Å². The van der Waals surface area contributed by atoms with Crippen molar-refractivity contribution >= 4 is 23.4 Å². The molecule has 170 valence electrons. The first-order valence-corrected chi connectivity index (χ1v) is 11.7. The zero-order valence-electron chi connectivity index (χ0n) is 18.6. The van der Waals surface area contributed by atoms with Crippen molar-refractivity contribution in [1.82, 2.24) is 10.2 Å². The molecule has 3 aliphatic rings. The van der Waals surface area contributed by atoms with E-state index in [1.807, 2.05) is 84.9 Å². The van der Waals surface area contributed by atoms with Crippen LogP contribution in [-0.2, 0) is 32.8 Å². The molecule has 3 aliphatic heterocycles. The Hall–Kier alpha value is -3.77. The van der Waals surface area contributed by atoms with Gasteiger partial charge in [-0.15, -0.1) is 0 Å². The number of hydrogen-bond acceptors (Lipinski definition) is 4. The van der Waals surface area contributed by atoms with Gasteiger partial charge in [0.15, 0.2) is 0 Å². The molecule has 2 fully saturated rings. The first-order valence-electron chi connectivity index (χ1n) is 11.7. The Balaban J connectivity index is 1.39. The van der Waals surface area contributed by atoms with Gasteiger partial charge in [-0.2, -0.15) is 0 Å². The molecule has 0 radical (unpaired) electrons. The number of benzene rings is 3. The summed E-state index contributed by atoms with van der Waals surface area (Å²) in [4.78, 5) is 42.4.